The van der Waals surface area contributed by atoms with Gasteiger partial charge in [0.25, 0.3) is 0 Å². The van der Waals surface area contributed by atoms with Crippen LogP contribution in [0.25, 0.3) is 0 Å². The van der Waals surface area contributed by atoms with E-state index < -0.39 is 0 Å². The van der Waals surface area contributed by atoms with Crippen molar-refractivity contribution in [1.29, 1.82) is 0 Å². The highest BCUT2D eigenvalue weighted by Crippen LogP contribution is 2.40. The van der Waals surface area contributed by atoms with Gasteiger partial charge in [0.2, 0.25) is 0 Å². The molecule has 0 aromatic heterocycles. The highest BCUT2D eigenvalue weighted by Gasteiger charge is 2.27. The van der Waals surface area contributed by atoms with E-state index in [0.717, 1.165) is 30.0 Å². The molecule has 2 unspecified atom stereocenters. The lowest BCUT2D eigenvalue weighted by Crippen LogP contribution is -2.21. The second-order valence-corrected chi connectivity index (χ2v) is 8.13. The van der Waals surface area contributed by atoms with Crippen LogP contribution in [0.3, 0.4) is 0 Å². The Morgan fingerprint density at radius 3 is 2.62 bits per heavy atom. The summed E-state index contributed by atoms with van der Waals surface area (Å²) >= 11 is 0. The van der Waals surface area contributed by atoms with Crippen molar-refractivity contribution >= 4 is 11.4 Å². The molecule has 3 aromatic rings. The van der Waals surface area contributed by atoms with Gasteiger partial charge in [-0.25, -0.2) is 0 Å². The minimum absolute atomic E-state index is 0.0796. The largest absolute Gasteiger partial charge is 0.485 e. The number of benzene rings is 3. The van der Waals surface area contributed by atoms with Gasteiger partial charge in [-0.1, -0.05) is 36.4 Å². The minimum Gasteiger partial charge on any atom is -0.485 e. The first kappa shape index (κ1) is 16.8. The predicted octanol–water partition coefficient (Wildman–Crippen LogP) is 5.27. The summed E-state index contributed by atoms with van der Waals surface area (Å²) in [5.74, 6) is 1.64. The molecule has 4 nitrogen and oxygen atoms in total. The maximum absolute atomic E-state index is 6.19. The van der Waals surface area contributed by atoms with Crippen molar-refractivity contribution in [3.8, 4) is 11.5 Å². The fraction of sp³-hybridized carbons (Fsp3) is 0.280. The maximum Gasteiger partial charge on any atom is 0.162 e. The lowest BCUT2D eigenvalue weighted by atomic mass is 9.96. The van der Waals surface area contributed by atoms with E-state index in [9.17, 15) is 0 Å². The molecule has 0 saturated carbocycles. The molecule has 6 rings (SSSR count). The lowest BCUT2D eigenvalue weighted by Gasteiger charge is -2.27. The van der Waals surface area contributed by atoms with Crippen LogP contribution in [0.15, 0.2) is 60.7 Å². The van der Waals surface area contributed by atoms with Gasteiger partial charge in [0.05, 0.1) is 6.04 Å². The SMILES string of the molecule is c1ccc2c(c1)OCC(c1ccc3c(c1)NC(c1ccc4c(c1)NCCC4)C3)O2. The molecule has 3 aromatic carbocycles. The second kappa shape index (κ2) is 6.73. The van der Waals surface area contributed by atoms with Crippen molar-refractivity contribution in [3.63, 3.8) is 0 Å². The molecule has 0 amide bonds. The summed E-state index contributed by atoms with van der Waals surface area (Å²) in [5, 5.41) is 7.28. The third kappa shape index (κ3) is 3.00. The first-order chi connectivity index (χ1) is 14.3. The fourth-order valence-corrected chi connectivity index (χ4v) is 4.65. The topological polar surface area (TPSA) is 42.5 Å². The molecule has 3 aliphatic heterocycles. The Morgan fingerprint density at radius 1 is 0.828 bits per heavy atom. The molecule has 0 bridgehead atoms. The van der Waals surface area contributed by atoms with Crippen LogP contribution >= 0.6 is 0 Å². The van der Waals surface area contributed by atoms with E-state index in [1.165, 1.54) is 40.9 Å². The maximum atomic E-state index is 6.19. The van der Waals surface area contributed by atoms with E-state index in [4.69, 9.17) is 9.47 Å². The van der Waals surface area contributed by atoms with Crippen LogP contribution < -0.4 is 20.1 Å². The molecule has 2 atom stereocenters. The zero-order chi connectivity index (χ0) is 19.2. The van der Waals surface area contributed by atoms with Crippen molar-refractivity contribution < 1.29 is 9.47 Å². The van der Waals surface area contributed by atoms with Gasteiger partial charge in [-0.3, -0.25) is 0 Å². The minimum atomic E-state index is -0.0796. The summed E-state index contributed by atoms with van der Waals surface area (Å²) in [4.78, 5) is 0. The summed E-state index contributed by atoms with van der Waals surface area (Å²) < 4.78 is 12.1. The van der Waals surface area contributed by atoms with Crippen molar-refractivity contribution in [2.24, 2.45) is 0 Å². The standard InChI is InChI=1S/C25H24N2O2/c1-2-6-24-23(5-1)28-15-25(29-24)19-10-9-18-13-21(27-22(18)14-19)17-8-7-16-4-3-11-26-20(16)12-17/h1-2,5-10,12,14,21,25-27H,3-4,11,13,15H2. The Bertz CT molecular complexity index is 1080. The number of hydrogen-bond acceptors (Lipinski definition) is 4. The van der Waals surface area contributed by atoms with Gasteiger partial charge in [-0.05, 0) is 65.8 Å². The van der Waals surface area contributed by atoms with E-state index >= 15 is 0 Å². The van der Waals surface area contributed by atoms with Crippen molar-refractivity contribution in [2.75, 3.05) is 23.8 Å². The third-order valence-corrected chi connectivity index (χ3v) is 6.24. The van der Waals surface area contributed by atoms with Crippen LogP contribution in [-0.4, -0.2) is 13.2 Å². The van der Waals surface area contributed by atoms with Crippen LogP contribution in [0.5, 0.6) is 11.5 Å². The molecular weight excluding hydrogens is 360 g/mol. The summed E-state index contributed by atoms with van der Waals surface area (Å²) in [6.45, 7) is 1.61. The van der Waals surface area contributed by atoms with E-state index in [1.807, 2.05) is 24.3 Å². The molecule has 0 radical (unpaired) electrons. The quantitative estimate of drug-likeness (QED) is 0.632. The number of anilines is 2. The van der Waals surface area contributed by atoms with Gasteiger partial charge >= 0.3 is 0 Å². The fourth-order valence-electron chi connectivity index (χ4n) is 4.65. The second-order valence-electron chi connectivity index (χ2n) is 8.13. The Labute approximate surface area is 170 Å². The molecule has 3 aliphatic rings. The van der Waals surface area contributed by atoms with Crippen molar-refractivity contribution in [2.45, 2.75) is 31.4 Å². The van der Waals surface area contributed by atoms with Gasteiger partial charge in [-0.2, -0.15) is 0 Å². The van der Waals surface area contributed by atoms with Crippen LogP contribution in [0.2, 0.25) is 0 Å². The Balaban J connectivity index is 1.23. The molecule has 2 N–H and O–H groups in total. The molecule has 146 valence electrons. The predicted molar refractivity (Wildman–Crippen MR) is 115 cm³/mol. The number of hydrogen-bond donors (Lipinski definition) is 2. The number of ether oxygens (including phenoxy) is 2. The molecule has 0 aliphatic carbocycles. The molecule has 3 heterocycles. The van der Waals surface area contributed by atoms with Crippen LogP contribution in [0, 0.1) is 0 Å². The highest BCUT2D eigenvalue weighted by atomic mass is 16.6. The number of rotatable bonds is 2. The Morgan fingerprint density at radius 2 is 1.66 bits per heavy atom. The zero-order valence-corrected chi connectivity index (χ0v) is 16.3. The molecule has 0 spiro atoms. The average Bonchev–Trinajstić information content (AvgIpc) is 3.22. The first-order valence-corrected chi connectivity index (χ1v) is 10.5. The zero-order valence-electron chi connectivity index (χ0n) is 16.3. The number of nitrogens with one attached hydrogen (secondary N) is 2. The lowest BCUT2D eigenvalue weighted by molar-refractivity contribution is 0.0913. The van der Waals surface area contributed by atoms with E-state index in [0.29, 0.717) is 12.6 Å². The van der Waals surface area contributed by atoms with E-state index in [2.05, 4.69) is 47.0 Å². The normalized spacial score (nSPS) is 21.5. The molecule has 0 fully saturated rings. The first-order valence-electron chi connectivity index (χ1n) is 10.5. The summed E-state index contributed by atoms with van der Waals surface area (Å²) in [7, 11) is 0. The molecule has 29 heavy (non-hydrogen) atoms. The molecular formula is C25H24N2O2. The van der Waals surface area contributed by atoms with Crippen molar-refractivity contribution in [1.82, 2.24) is 0 Å². The van der Waals surface area contributed by atoms with Gasteiger partial charge in [0.15, 0.2) is 17.6 Å². The van der Waals surface area contributed by atoms with Gasteiger partial charge in [0.1, 0.15) is 6.61 Å². The van der Waals surface area contributed by atoms with Crippen LogP contribution in [0.1, 0.15) is 40.8 Å². The number of para-hydroxylation sites is 2. The van der Waals surface area contributed by atoms with Gasteiger partial charge in [-0.15, -0.1) is 0 Å². The summed E-state index contributed by atoms with van der Waals surface area (Å²) in [5.41, 5.74) is 7.81. The van der Waals surface area contributed by atoms with E-state index in [1.54, 1.807) is 0 Å². The number of fused-ring (bicyclic) bond motifs is 3. The summed E-state index contributed by atoms with van der Waals surface area (Å²) in [6.07, 6.45) is 3.33. The van der Waals surface area contributed by atoms with E-state index in [-0.39, 0.29) is 6.10 Å². The Kier molecular flexibility index (Phi) is 3.89. The van der Waals surface area contributed by atoms with Crippen LogP contribution in [-0.2, 0) is 12.8 Å². The monoisotopic (exact) mass is 384 g/mol. The van der Waals surface area contributed by atoms with Gasteiger partial charge < -0.3 is 20.1 Å². The highest BCUT2D eigenvalue weighted by molar-refractivity contribution is 5.62. The van der Waals surface area contributed by atoms with Crippen molar-refractivity contribution in [3.05, 3.63) is 82.9 Å². The van der Waals surface area contributed by atoms with Crippen LogP contribution in [0.4, 0.5) is 11.4 Å². The summed E-state index contributed by atoms with van der Waals surface area (Å²) in [6, 6.07) is 21.7. The smallest absolute Gasteiger partial charge is 0.162 e. The molecule has 4 heteroatoms. The molecule has 0 saturated heterocycles. The third-order valence-electron chi connectivity index (χ3n) is 6.24. The average molecular weight is 384 g/mol. The Hall–Kier alpha value is -3.14. The van der Waals surface area contributed by atoms with Gasteiger partial charge in [0, 0.05) is 17.9 Å². The number of aryl methyl sites for hydroxylation is 1.